The summed E-state index contributed by atoms with van der Waals surface area (Å²) in [6, 6.07) is 11.1. The molecule has 0 spiro atoms. The molecule has 1 aromatic heterocycles. The summed E-state index contributed by atoms with van der Waals surface area (Å²) in [5.74, 6) is -0.754. The van der Waals surface area contributed by atoms with E-state index in [-0.39, 0.29) is 18.4 Å². The van der Waals surface area contributed by atoms with Gasteiger partial charge in [0.05, 0.1) is 24.8 Å². The van der Waals surface area contributed by atoms with E-state index in [0.29, 0.717) is 5.70 Å². The number of rotatable bonds is 7. The van der Waals surface area contributed by atoms with Gasteiger partial charge in [0.15, 0.2) is 0 Å². The second-order valence-corrected chi connectivity index (χ2v) is 4.63. The second kappa shape index (κ2) is 8.23. The maximum atomic E-state index is 11.6. The van der Waals surface area contributed by atoms with Gasteiger partial charge < -0.3 is 9.73 Å². The number of hydrazine groups is 1. The van der Waals surface area contributed by atoms with Crippen molar-refractivity contribution in [2.24, 2.45) is 0 Å². The molecule has 6 nitrogen and oxygen atoms in total. The lowest BCUT2D eigenvalue weighted by Crippen LogP contribution is -2.42. The fourth-order valence-electron chi connectivity index (χ4n) is 1.67. The third kappa shape index (κ3) is 5.55. The van der Waals surface area contributed by atoms with Gasteiger partial charge >= 0.3 is 0 Å². The summed E-state index contributed by atoms with van der Waals surface area (Å²) >= 11 is 0. The van der Waals surface area contributed by atoms with Gasteiger partial charge in [-0.3, -0.25) is 20.4 Å². The summed E-state index contributed by atoms with van der Waals surface area (Å²) in [5.41, 5.74) is 7.35. The van der Waals surface area contributed by atoms with Crippen LogP contribution in [-0.4, -0.2) is 18.4 Å². The number of hydrogen-bond acceptors (Lipinski definition) is 4. The number of amides is 2. The van der Waals surface area contributed by atoms with E-state index >= 15 is 0 Å². The smallest absolute Gasteiger partial charge is 0.257 e. The summed E-state index contributed by atoms with van der Waals surface area (Å²) < 4.78 is 4.87. The summed E-state index contributed by atoms with van der Waals surface area (Å²) in [6.45, 7) is 3.67. The van der Waals surface area contributed by atoms with Crippen LogP contribution in [0.5, 0.6) is 0 Å². The van der Waals surface area contributed by atoms with Crippen LogP contribution in [-0.2, 0) is 9.59 Å². The van der Waals surface area contributed by atoms with Crippen LogP contribution in [0.15, 0.2) is 66.0 Å². The zero-order chi connectivity index (χ0) is 16.5. The molecule has 0 atom stereocenters. The topological polar surface area (TPSA) is 83.4 Å². The molecule has 0 saturated heterocycles. The molecule has 1 heterocycles. The third-order valence-corrected chi connectivity index (χ3v) is 2.87. The summed E-state index contributed by atoms with van der Waals surface area (Å²) in [7, 11) is 0. The molecule has 2 aromatic rings. The van der Waals surface area contributed by atoms with Gasteiger partial charge in [-0.1, -0.05) is 36.9 Å². The highest BCUT2D eigenvalue weighted by Gasteiger charge is 2.04. The lowest BCUT2D eigenvalue weighted by atomic mass is 10.2. The summed E-state index contributed by atoms with van der Waals surface area (Å²) in [4.78, 5) is 23.2. The van der Waals surface area contributed by atoms with Gasteiger partial charge in [-0.15, -0.1) is 0 Å². The highest BCUT2D eigenvalue weighted by molar-refractivity contribution is 5.94. The Morgan fingerprint density at radius 3 is 2.61 bits per heavy atom. The highest BCUT2D eigenvalue weighted by atomic mass is 16.3. The van der Waals surface area contributed by atoms with E-state index in [2.05, 4.69) is 22.7 Å². The van der Waals surface area contributed by atoms with Crippen LogP contribution in [0.4, 0.5) is 0 Å². The number of benzene rings is 1. The van der Waals surface area contributed by atoms with Crippen molar-refractivity contribution in [1.29, 1.82) is 0 Å². The molecule has 0 unspecified atom stereocenters. The van der Waals surface area contributed by atoms with E-state index in [9.17, 15) is 9.59 Å². The van der Waals surface area contributed by atoms with Crippen molar-refractivity contribution in [3.8, 4) is 0 Å². The Balaban J connectivity index is 1.69. The van der Waals surface area contributed by atoms with E-state index in [4.69, 9.17) is 4.42 Å². The minimum absolute atomic E-state index is 0.149. The molecule has 2 rings (SSSR count). The van der Waals surface area contributed by atoms with Crippen molar-refractivity contribution in [2.75, 3.05) is 6.54 Å². The van der Waals surface area contributed by atoms with Crippen molar-refractivity contribution >= 4 is 23.6 Å². The zero-order valence-corrected chi connectivity index (χ0v) is 12.4. The molecule has 0 aliphatic heterocycles. The van der Waals surface area contributed by atoms with Crippen molar-refractivity contribution in [3.05, 3.63) is 72.7 Å². The molecule has 0 saturated carbocycles. The average molecular weight is 311 g/mol. The lowest BCUT2D eigenvalue weighted by Gasteiger charge is -2.11. The molecular formula is C17H17N3O3. The number of carbonyl (C=O) groups is 2. The molecule has 0 aliphatic rings. The van der Waals surface area contributed by atoms with Crippen molar-refractivity contribution < 1.29 is 14.0 Å². The number of hydrogen-bond donors (Lipinski definition) is 3. The van der Waals surface area contributed by atoms with Crippen LogP contribution >= 0.6 is 0 Å². The Morgan fingerprint density at radius 2 is 1.91 bits per heavy atom. The first-order valence-corrected chi connectivity index (χ1v) is 6.92. The van der Waals surface area contributed by atoms with Crippen molar-refractivity contribution in [3.63, 3.8) is 0 Å². The molecule has 2 amide bonds. The minimum atomic E-state index is -0.382. The lowest BCUT2D eigenvalue weighted by molar-refractivity contribution is -0.124. The molecule has 6 heteroatoms. The van der Waals surface area contributed by atoms with Gasteiger partial charge in [-0.2, -0.15) is 0 Å². The maximum Gasteiger partial charge on any atom is 0.257 e. The molecule has 0 aliphatic carbocycles. The fraction of sp³-hybridized carbons (Fsp3) is 0.0588. The van der Waals surface area contributed by atoms with Gasteiger partial charge in [-0.05, 0) is 17.7 Å². The monoisotopic (exact) mass is 311 g/mol. The highest BCUT2D eigenvalue weighted by Crippen LogP contribution is 2.06. The zero-order valence-electron chi connectivity index (χ0n) is 12.4. The van der Waals surface area contributed by atoms with Crippen LogP contribution in [0.1, 0.15) is 11.1 Å². The molecule has 1 aromatic carbocycles. The predicted octanol–water partition coefficient (Wildman–Crippen LogP) is 1.70. The first-order chi connectivity index (χ1) is 11.1. The van der Waals surface area contributed by atoms with E-state index in [0.717, 1.165) is 11.1 Å². The number of nitrogens with one attached hydrogen (secondary N) is 3. The van der Waals surface area contributed by atoms with Crippen molar-refractivity contribution in [2.45, 2.75) is 0 Å². The molecule has 0 fully saturated rings. The standard InChI is InChI=1S/C17H17N3O3/c1-13(15-5-3-2-4-6-15)19-20-17(22)11-18-16(21)8-7-14-9-10-23-12-14/h2-10,12,19H,1,11H2,(H,18,21)(H,20,22)/b8-7+. The van der Waals surface area contributed by atoms with E-state index in [1.807, 2.05) is 30.3 Å². The predicted molar refractivity (Wildman–Crippen MR) is 87.5 cm³/mol. The van der Waals surface area contributed by atoms with Crippen LogP contribution in [0.2, 0.25) is 0 Å². The van der Waals surface area contributed by atoms with E-state index in [1.54, 1.807) is 12.1 Å². The summed E-state index contributed by atoms with van der Waals surface area (Å²) in [5, 5.41) is 2.47. The van der Waals surface area contributed by atoms with Gasteiger partial charge in [0.2, 0.25) is 5.91 Å². The van der Waals surface area contributed by atoms with Crippen LogP contribution in [0, 0.1) is 0 Å². The maximum absolute atomic E-state index is 11.6. The molecule has 118 valence electrons. The fourth-order valence-corrected chi connectivity index (χ4v) is 1.67. The van der Waals surface area contributed by atoms with E-state index in [1.165, 1.54) is 18.6 Å². The Kier molecular flexibility index (Phi) is 5.76. The SMILES string of the molecule is C=C(NNC(=O)CNC(=O)/C=C/c1ccoc1)c1ccccc1. The van der Waals surface area contributed by atoms with Gasteiger partial charge in [0, 0.05) is 11.6 Å². The summed E-state index contributed by atoms with van der Waals surface area (Å²) in [6.07, 6.45) is 5.94. The largest absolute Gasteiger partial charge is 0.472 e. The minimum Gasteiger partial charge on any atom is -0.472 e. The Labute approximate surface area is 133 Å². The Morgan fingerprint density at radius 1 is 1.13 bits per heavy atom. The van der Waals surface area contributed by atoms with Gasteiger partial charge in [-0.25, -0.2) is 0 Å². The molecule has 3 N–H and O–H groups in total. The van der Waals surface area contributed by atoms with E-state index < -0.39 is 0 Å². The third-order valence-electron chi connectivity index (χ3n) is 2.87. The first-order valence-electron chi connectivity index (χ1n) is 6.92. The molecular weight excluding hydrogens is 294 g/mol. The molecule has 23 heavy (non-hydrogen) atoms. The normalized spacial score (nSPS) is 10.3. The number of carbonyl (C=O) groups excluding carboxylic acids is 2. The van der Waals surface area contributed by atoms with Crippen molar-refractivity contribution in [1.82, 2.24) is 16.2 Å². The quantitative estimate of drug-likeness (QED) is 0.537. The average Bonchev–Trinajstić information content (AvgIpc) is 3.10. The molecule has 0 bridgehead atoms. The second-order valence-electron chi connectivity index (χ2n) is 4.63. The van der Waals surface area contributed by atoms with Crippen LogP contribution in [0.3, 0.4) is 0 Å². The van der Waals surface area contributed by atoms with Gasteiger partial charge in [0.1, 0.15) is 0 Å². The van der Waals surface area contributed by atoms with Gasteiger partial charge in [0.25, 0.3) is 5.91 Å². The Bertz CT molecular complexity index is 691. The Hall–Kier alpha value is -3.28. The number of furan rings is 1. The first kappa shape index (κ1) is 16.1. The van der Waals surface area contributed by atoms with Crippen LogP contribution < -0.4 is 16.2 Å². The van der Waals surface area contributed by atoms with Crippen LogP contribution in [0.25, 0.3) is 11.8 Å². The molecule has 0 radical (unpaired) electrons.